The summed E-state index contributed by atoms with van der Waals surface area (Å²) >= 11 is 2.02. The van der Waals surface area contributed by atoms with Crippen LogP contribution in [0.2, 0.25) is 0 Å². The molecule has 1 aliphatic heterocycles. The van der Waals surface area contributed by atoms with E-state index in [1.165, 1.54) is 17.2 Å². The third kappa shape index (κ3) is 7.09. The first-order valence-electron chi connectivity index (χ1n) is 9.35. The summed E-state index contributed by atoms with van der Waals surface area (Å²) in [5.41, 5.74) is 9.35. The molecule has 7 heteroatoms. The molecule has 0 aromatic heterocycles. The molecule has 0 saturated carbocycles. The van der Waals surface area contributed by atoms with Crippen LogP contribution in [-0.4, -0.2) is 36.7 Å². The Labute approximate surface area is 189 Å². The van der Waals surface area contributed by atoms with Crippen LogP contribution in [0, 0.1) is 0 Å². The van der Waals surface area contributed by atoms with Crippen LogP contribution in [0.4, 0.5) is 11.4 Å². The molecule has 1 heterocycles. The summed E-state index contributed by atoms with van der Waals surface area (Å²) in [4.78, 5) is 6.87. The number of hydrogen-bond acceptors (Lipinski definition) is 4. The van der Waals surface area contributed by atoms with Crippen LogP contribution in [0.5, 0.6) is 5.75 Å². The topological polar surface area (TPSA) is 62.9 Å². The van der Waals surface area contributed by atoms with Gasteiger partial charge in [0.15, 0.2) is 5.96 Å². The minimum Gasteiger partial charge on any atom is -0.491 e. The van der Waals surface area contributed by atoms with Gasteiger partial charge >= 0.3 is 0 Å². The second kappa shape index (κ2) is 11.4. The molecule has 0 bridgehead atoms. The molecule has 3 rings (SSSR count). The fourth-order valence-corrected chi connectivity index (χ4v) is 3.79. The predicted molar refractivity (Wildman–Crippen MR) is 133 cm³/mol. The number of thioether (sulfide) groups is 1. The summed E-state index contributed by atoms with van der Waals surface area (Å²) < 4.78 is 5.64. The molecule has 3 N–H and O–H groups in total. The maximum atomic E-state index is 6.02. The van der Waals surface area contributed by atoms with E-state index in [-0.39, 0.29) is 30.1 Å². The average molecular weight is 512 g/mol. The summed E-state index contributed by atoms with van der Waals surface area (Å²) in [6, 6.07) is 16.3. The van der Waals surface area contributed by atoms with Crippen molar-refractivity contribution in [3.63, 3.8) is 0 Å². The van der Waals surface area contributed by atoms with E-state index in [1.54, 1.807) is 0 Å². The van der Waals surface area contributed by atoms with Crippen LogP contribution in [0.15, 0.2) is 53.5 Å². The Balaban J connectivity index is 0.00000280. The van der Waals surface area contributed by atoms with Crippen LogP contribution < -0.4 is 20.7 Å². The molecule has 0 unspecified atom stereocenters. The van der Waals surface area contributed by atoms with Crippen LogP contribution in [0.25, 0.3) is 0 Å². The minimum absolute atomic E-state index is 0. The third-order valence-corrected chi connectivity index (χ3v) is 5.19. The molecule has 0 atom stereocenters. The largest absolute Gasteiger partial charge is 0.491 e. The number of nitrogens with one attached hydrogen (secondary N) is 1. The first-order chi connectivity index (χ1) is 13.1. The lowest BCUT2D eigenvalue weighted by Gasteiger charge is -2.28. The molecule has 0 aliphatic carbocycles. The van der Waals surface area contributed by atoms with Crippen LogP contribution >= 0.6 is 35.7 Å². The van der Waals surface area contributed by atoms with Crippen LogP contribution in [0.1, 0.15) is 19.4 Å². The molecular weight excluding hydrogens is 483 g/mol. The Morgan fingerprint density at radius 1 is 1.11 bits per heavy atom. The van der Waals surface area contributed by atoms with E-state index >= 15 is 0 Å². The lowest BCUT2D eigenvalue weighted by molar-refractivity contribution is 0.242. The van der Waals surface area contributed by atoms with Crippen molar-refractivity contribution >= 4 is 53.1 Å². The SMILES string of the molecule is CC(C)Oc1ccc(NC(N)=NCc2ccc(N3CCSCC3)cc2)cc1.I. The van der Waals surface area contributed by atoms with Crippen LogP contribution in [0.3, 0.4) is 0 Å². The highest BCUT2D eigenvalue weighted by molar-refractivity contribution is 14.0. The van der Waals surface area contributed by atoms with Crippen molar-refractivity contribution in [3.05, 3.63) is 54.1 Å². The molecule has 1 fully saturated rings. The molecule has 5 nitrogen and oxygen atoms in total. The number of ether oxygens (including phenoxy) is 1. The van der Waals surface area contributed by atoms with E-state index < -0.39 is 0 Å². The van der Waals surface area contributed by atoms with Crippen molar-refractivity contribution in [2.24, 2.45) is 10.7 Å². The number of nitrogens with zero attached hydrogens (tertiary/aromatic N) is 2. The van der Waals surface area contributed by atoms with E-state index in [1.807, 2.05) is 49.9 Å². The molecule has 0 amide bonds. The highest BCUT2D eigenvalue weighted by Gasteiger charge is 2.10. The minimum atomic E-state index is 0. The van der Waals surface area contributed by atoms with Crippen molar-refractivity contribution < 1.29 is 4.74 Å². The number of guanidine groups is 1. The maximum absolute atomic E-state index is 6.02. The highest BCUT2D eigenvalue weighted by Crippen LogP contribution is 2.20. The summed E-state index contributed by atoms with van der Waals surface area (Å²) in [7, 11) is 0. The normalized spacial score (nSPS) is 14.5. The van der Waals surface area contributed by atoms with Gasteiger partial charge in [-0.1, -0.05) is 12.1 Å². The summed E-state index contributed by atoms with van der Waals surface area (Å²) in [5, 5.41) is 3.12. The lowest BCUT2D eigenvalue weighted by atomic mass is 10.2. The zero-order valence-corrected chi connectivity index (χ0v) is 19.6. The standard InChI is InChI=1S/C21H28N4OS.HI/c1-16(2)26-20-9-5-18(6-10-20)24-21(22)23-15-17-3-7-19(8-4-17)25-11-13-27-14-12-25;/h3-10,16H,11-15H2,1-2H3,(H3,22,23,24);1H. The van der Waals surface area contributed by atoms with E-state index in [9.17, 15) is 0 Å². The van der Waals surface area contributed by atoms with Gasteiger partial charge in [0.1, 0.15) is 5.75 Å². The Hall–Kier alpha value is -1.61. The predicted octanol–water partition coefficient (Wildman–Crippen LogP) is 4.57. The van der Waals surface area contributed by atoms with Crippen molar-refractivity contribution in [1.82, 2.24) is 0 Å². The number of nitrogens with two attached hydrogens (primary N) is 1. The molecule has 1 saturated heterocycles. The van der Waals surface area contributed by atoms with Gasteiger partial charge in [-0.2, -0.15) is 11.8 Å². The van der Waals surface area contributed by atoms with E-state index in [0.717, 1.165) is 30.1 Å². The Bertz CT molecular complexity index is 744. The van der Waals surface area contributed by atoms with Crippen molar-refractivity contribution in [2.75, 3.05) is 34.8 Å². The van der Waals surface area contributed by atoms with Crippen LogP contribution in [-0.2, 0) is 6.54 Å². The molecule has 28 heavy (non-hydrogen) atoms. The fourth-order valence-electron chi connectivity index (χ4n) is 2.89. The van der Waals surface area contributed by atoms with E-state index in [2.05, 4.69) is 39.5 Å². The van der Waals surface area contributed by atoms with Gasteiger partial charge in [-0.3, -0.25) is 0 Å². The van der Waals surface area contributed by atoms with Gasteiger partial charge in [-0.15, -0.1) is 24.0 Å². The zero-order valence-electron chi connectivity index (χ0n) is 16.4. The number of aliphatic imine (C=N–C) groups is 1. The van der Waals surface area contributed by atoms with Crippen molar-refractivity contribution in [1.29, 1.82) is 0 Å². The fraction of sp³-hybridized carbons (Fsp3) is 0.381. The number of hydrogen-bond donors (Lipinski definition) is 2. The van der Waals surface area contributed by atoms with Gasteiger partial charge in [-0.05, 0) is 55.8 Å². The van der Waals surface area contributed by atoms with Gasteiger partial charge in [0.25, 0.3) is 0 Å². The number of halogens is 1. The van der Waals surface area contributed by atoms with Crippen molar-refractivity contribution in [3.8, 4) is 5.75 Å². The average Bonchev–Trinajstić information content (AvgIpc) is 2.69. The number of anilines is 2. The quantitative estimate of drug-likeness (QED) is 0.337. The first kappa shape index (κ1) is 22.7. The van der Waals surface area contributed by atoms with Gasteiger partial charge in [0, 0.05) is 36.0 Å². The van der Waals surface area contributed by atoms with E-state index in [0.29, 0.717) is 12.5 Å². The third-order valence-electron chi connectivity index (χ3n) is 4.24. The maximum Gasteiger partial charge on any atom is 0.193 e. The second-order valence-corrected chi connectivity index (χ2v) is 8.01. The molecule has 1 aliphatic rings. The molecule has 0 radical (unpaired) electrons. The van der Waals surface area contributed by atoms with Gasteiger partial charge in [0.2, 0.25) is 0 Å². The number of benzene rings is 2. The van der Waals surface area contributed by atoms with E-state index in [4.69, 9.17) is 10.5 Å². The van der Waals surface area contributed by atoms with Gasteiger partial charge in [0.05, 0.1) is 12.6 Å². The summed E-state index contributed by atoms with van der Waals surface area (Å²) in [6.45, 7) is 6.83. The lowest BCUT2D eigenvalue weighted by Crippen LogP contribution is -2.32. The Morgan fingerprint density at radius 3 is 2.36 bits per heavy atom. The van der Waals surface area contributed by atoms with Crippen molar-refractivity contribution in [2.45, 2.75) is 26.5 Å². The molecular formula is C21H29IN4OS. The molecule has 0 spiro atoms. The van der Waals surface area contributed by atoms with Gasteiger partial charge in [-0.25, -0.2) is 4.99 Å². The number of rotatable bonds is 6. The van der Waals surface area contributed by atoms with Gasteiger partial charge < -0.3 is 20.7 Å². The molecule has 2 aromatic rings. The molecule has 152 valence electrons. The first-order valence-corrected chi connectivity index (χ1v) is 10.5. The second-order valence-electron chi connectivity index (χ2n) is 6.78. The molecule has 2 aromatic carbocycles. The zero-order chi connectivity index (χ0) is 19.1. The summed E-state index contributed by atoms with van der Waals surface area (Å²) in [5.74, 6) is 3.67. The highest BCUT2D eigenvalue weighted by atomic mass is 127. The monoisotopic (exact) mass is 512 g/mol. The Morgan fingerprint density at radius 2 is 1.75 bits per heavy atom. The Kier molecular flexibility index (Phi) is 9.24. The summed E-state index contributed by atoms with van der Waals surface area (Å²) in [6.07, 6.45) is 0.163. The smallest absolute Gasteiger partial charge is 0.193 e.